The molecule has 29 heavy (non-hydrogen) atoms. The molecule has 1 heterocycles. The zero-order valence-electron chi connectivity index (χ0n) is 18.6. The summed E-state index contributed by atoms with van der Waals surface area (Å²) >= 11 is 11.2. The van der Waals surface area contributed by atoms with Gasteiger partial charge in [0.25, 0.3) is 0 Å². The Morgan fingerprint density at radius 2 is 1.45 bits per heavy atom. The normalized spacial score (nSPS) is 12.4. The summed E-state index contributed by atoms with van der Waals surface area (Å²) in [5.41, 5.74) is 7.64. The fourth-order valence-corrected chi connectivity index (χ4v) is 5.40. The van der Waals surface area contributed by atoms with E-state index in [1.54, 1.807) is 11.3 Å². The maximum absolute atomic E-state index is 5.74. The van der Waals surface area contributed by atoms with E-state index < -0.39 is 0 Å². The zero-order valence-corrected chi connectivity index (χ0v) is 21.8. The first-order valence-electron chi connectivity index (χ1n) is 9.95. The summed E-state index contributed by atoms with van der Waals surface area (Å²) in [6, 6.07) is 13.5. The molecule has 4 heteroatoms. The molecule has 0 atom stereocenters. The second-order valence-corrected chi connectivity index (χ2v) is 12.5. The van der Waals surface area contributed by atoms with Crippen LogP contribution in [0.3, 0.4) is 0 Å². The average molecular weight is 489 g/mol. The van der Waals surface area contributed by atoms with Gasteiger partial charge in [-0.3, -0.25) is 4.57 Å². The molecule has 1 aromatic heterocycles. The average Bonchev–Trinajstić information content (AvgIpc) is 2.85. The van der Waals surface area contributed by atoms with Crippen molar-refractivity contribution in [3.63, 3.8) is 0 Å². The minimum absolute atomic E-state index is 0.0768. The molecule has 0 aliphatic rings. The highest BCUT2D eigenvalue weighted by Gasteiger charge is 2.23. The van der Waals surface area contributed by atoms with Crippen LogP contribution in [0.5, 0.6) is 0 Å². The number of halogens is 1. The number of rotatable bonds is 2. The fraction of sp³-hybridized carbons (Fsp3) is 0.400. The van der Waals surface area contributed by atoms with E-state index in [0.717, 1.165) is 14.1 Å². The van der Waals surface area contributed by atoms with Crippen molar-refractivity contribution in [2.24, 2.45) is 0 Å². The van der Waals surface area contributed by atoms with E-state index in [1.807, 2.05) is 0 Å². The standard InChI is InChI=1S/C25H30BrNS2/c1-15-16(2)29-23(28)27(15)22-20(10-9-11-21(22)26)17-12-18(24(3,4)5)14-19(13-17)25(6,7)8/h9-14H,1-8H3. The number of hydrogen-bond donors (Lipinski definition) is 0. The lowest BCUT2D eigenvalue weighted by Crippen LogP contribution is -2.16. The van der Waals surface area contributed by atoms with Crippen molar-refractivity contribution in [2.45, 2.75) is 66.2 Å². The molecule has 0 saturated heterocycles. The quantitative estimate of drug-likeness (QED) is 0.326. The molecular weight excluding hydrogens is 458 g/mol. The Bertz CT molecular complexity index is 1090. The van der Waals surface area contributed by atoms with Crippen molar-refractivity contribution in [1.29, 1.82) is 0 Å². The Labute approximate surface area is 192 Å². The maximum atomic E-state index is 5.74. The van der Waals surface area contributed by atoms with Crippen molar-refractivity contribution in [1.82, 2.24) is 4.57 Å². The SMILES string of the molecule is Cc1sc(=S)n(-c2c(Br)cccc2-c2cc(C(C)(C)C)cc(C(C)(C)C)c2)c1C. The van der Waals surface area contributed by atoms with Gasteiger partial charge in [0.2, 0.25) is 0 Å². The van der Waals surface area contributed by atoms with Crippen molar-refractivity contribution in [3.8, 4) is 16.8 Å². The molecule has 0 fully saturated rings. The first kappa shape index (κ1) is 22.5. The Morgan fingerprint density at radius 3 is 1.90 bits per heavy atom. The Kier molecular flexibility index (Phi) is 6.03. The lowest BCUT2D eigenvalue weighted by atomic mass is 9.79. The molecule has 2 aromatic carbocycles. The van der Waals surface area contributed by atoms with Gasteiger partial charge < -0.3 is 0 Å². The molecule has 0 saturated carbocycles. The van der Waals surface area contributed by atoms with Gasteiger partial charge in [-0.1, -0.05) is 71.9 Å². The summed E-state index contributed by atoms with van der Waals surface area (Å²) in [4.78, 5) is 1.26. The highest BCUT2D eigenvalue weighted by atomic mass is 79.9. The minimum Gasteiger partial charge on any atom is -0.294 e. The van der Waals surface area contributed by atoms with E-state index in [1.165, 1.54) is 32.8 Å². The number of aromatic nitrogens is 1. The van der Waals surface area contributed by atoms with Gasteiger partial charge in [0, 0.05) is 20.6 Å². The second kappa shape index (κ2) is 7.79. The van der Waals surface area contributed by atoms with Gasteiger partial charge in [0.15, 0.2) is 3.95 Å². The Balaban J connectivity index is 2.39. The number of hydrogen-bond acceptors (Lipinski definition) is 2. The predicted molar refractivity (Wildman–Crippen MR) is 134 cm³/mol. The zero-order chi connectivity index (χ0) is 21.7. The smallest absolute Gasteiger partial charge is 0.166 e. The number of aryl methyl sites for hydroxylation is 1. The van der Waals surface area contributed by atoms with Crippen molar-refractivity contribution in [3.05, 3.63) is 66.5 Å². The molecule has 0 N–H and O–H groups in total. The van der Waals surface area contributed by atoms with E-state index >= 15 is 0 Å². The fourth-order valence-electron chi connectivity index (χ4n) is 3.43. The van der Waals surface area contributed by atoms with Gasteiger partial charge in [-0.05, 0) is 75.6 Å². The lowest BCUT2D eigenvalue weighted by Gasteiger charge is -2.27. The van der Waals surface area contributed by atoms with Crippen molar-refractivity contribution in [2.75, 3.05) is 0 Å². The molecule has 0 spiro atoms. The predicted octanol–water partition coefficient (Wildman–Crippen LogP) is 8.91. The highest BCUT2D eigenvalue weighted by Crippen LogP contribution is 2.39. The molecule has 0 amide bonds. The van der Waals surface area contributed by atoms with Gasteiger partial charge in [0.1, 0.15) is 0 Å². The molecule has 0 aliphatic carbocycles. The van der Waals surface area contributed by atoms with E-state index in [4.69, 9.17) is 12.2 Å². The van der Waals surface area contributed by atoms with Crippen LogP contribution in [0.2, 0.25) is 0 Å². The second-order valence-electron chi connectivity index (χ2n) is 9.78. The Morgan fingerprint density at radius 1 is 0.897 bits per heavy atom. The molecule has 1 nitrogen and oxygen atoms in total. The number of thiazole rings is 1. The molecule has 154 valence electrons. The molecule has 3 rings (SSSR count). The summed E-state index contributed by atoms with van der Waals surface area (Å²) in [5, 5.41) is 0. The van der Waals surface area contributed by atoms with Crippen molar-refractivity contribution < 1.29 is 0 Å². The van der Waals surface area contributed by atoms with E-state index in [2.05, 4.69) is 112 Å². The maximum Gasteiger partial charge on any atom is 0.166 e. The van der Waals surface area contributed by atoms with Crippen LogP contribution in [-0.4, -0.2) is 4.57 Å². The van der Waals surface area contributed by atoms with Crippen LogP contribution < -0.4 is 0 Å². The van der Waals surface area contributed by atoms with Crippen molar-refractivity contribution >= 4 is 39.5 Å². The molecule has 3 aromatic rings. The van der Waals surface area contributed by atoms with Crippen LogP contribution in [0.15, 0.2) is 40.9 Å². The van der Waals surface area contributed by atoms with E-state index in [-0.39, 0.29) is 10.8 Å². The van der Waals surface area contributed by atoms with E-state index in [9.17, 15) is 0 Å². The third-order valence-corrected chi connectivity index (χ3v) is 7.49. The van der Waals surface area contributed by atoms with Gasteiger partial charge in [0.05, 0.1) is 5.69 Å². The lowest BCUT2D eigenvalue weighted by molar-refractivity contribution is 0.569. The topological polar surface area (TPSA) is 4.93 Å². The van der Waals surface area contributed by atoms with Crippen LogP contribution in [0.25, 0.3) is 16.8 Å². The number of para-hydroxylation sites is 1. The highest BCUT2D eigenvalue weighted by molar-refractivity contribution is 9.10. The molecule has 0 aliphatic heterocycles. The van der Waals surface area contributed by atoms with Crippen LogP contribution in [0.4, 0.5) is 0 Å². The molecule has 0 unspecified atom stereocenters. The van der Waals surface area contributed by atoms with Crippen LogP contribution in [0.1, 0.15) is 63.2 Å². The summed E-state index contributed by atoms with van der Waals surface area (Å²) in [7, 11) is 0. The monoisotopic (exact) mass is 487 g/mol. The third kappa shape index (κ3) is 4.45. The van der Waals surface area contributed by atoms with Crippen LogP contribution >= 0.6 is 39.5 Å². The van der Waals surface area contributed by atoms with Gasteiger partial charge >= 0.3 is 0 Å². The molecule has 0 bridgehead atoms. The van der Waals surface area contributed by atoms with Gasteiger partial charge in [-0.25, -0.2) is 0 Å². The van der Waals surface area contributed by atoms with Gasteiger partial charge in [-0.2, -0.15) is 0 Å². The van der Waals surface area contributed by atoms with E-state index in [0.29, 0.717) is 0 Å². The van der Waals surface area contributed by atoms with Crippen LogP contribution in [0, 0.1) is 17.8 Å². The van der Waals surface area contributed by atoms with Crippen LogP contribution in [-0.2, 0) is 10.8 Å². The third-order valence-electron chi connectivity index (χ3n) is 5.45. The molecular formula is C25H30BrNS2. The molecule has 0 radical (unpaired) electrons. The largest absolute Gasteiger partial charge is 0.294 e. The first-order chi connectivity index (χ1) is 13.3. The number of benzene rings is 2. The summed E-state index contributed by atoms with van der Waals surface area (Å²) < 4.78 is 4.16. The first-order valence-corrected chi connectivity index (χ1v) is 12.0. The summed E-state index contributed by atoms with van der Waals surface area (Å²) in [5.74, 6) is 0. The summed E-state index contributed by atoms with van der Waals surface area (Å²) in [6.45, 7) is 18.0. The summed E-state index contributed by atoms with van der Waals surface area (Å²) in [6.07, 6.45) is 0. The van der Waals surface area contributed by atoms with Gasteiger partial charge in [-0.15, -0.1) is 11.3 Å². The Hall–Kier alpha value is -1.23. The number of nitrogens with zero attached hydrogens (tertiary/aromatic N) is 1. The minimum atomic E-state index is 0.0768.